The van der Waals surface area contributed by atoms with Crippen LogP contribution in [0.3, 0.4) is 0 Å². The highest BCUT2D eigenvalue weighted by Gasteiger charge is 2.24. The quantitative estimate of drug-likeness (QED) is 0.653. The van der Waals surface area contributed by atoms with Gasteiger partial charge in [-0.25, -0.2) is 4.72 Å². The lowest BCUT2D eigenvalue weighted by atomic mass is 10.2. The summed E-state index contributed by atoms with van der Waals surface area (Å²) in [5.74, 6) is 0.639. The maximum atomic E-state index is 12.7. The van der Waals surface area contributed by atoms with E-state index in [2.05, 4.69) is 27.1 Å². The Bertz CT molecular complexity index is 945. The van der Waals surface area contributed by atoms with Crippen LogP contribution in [0.2, 0.25) is 0 Å². The Kier molecular flexibility index (Phi) is 5.27. The molecular weight excluding hydrogens is 380 g/mol. The molecule has 0 aliphatic carbocycles. The number of fused-ring (bicyclic) bond motifs is 1. The van der Waals surface area contributed by atoms with Crippen molar-refractivity contribution in [3.8, 4) is 5.75 Å². The zero-order chi connectivity index (χ0) is 18.7. The Balaban J connectivity index is 1.53. The maximum Gasteiger partial charge on any atom is 0.184 e. The van der Waals surface area contributed by atoms with Crippen molar-refractivity contribution in [3.05, 3.63) is 76.5 Å². The number of nitrogens with zero attached hydrogens (tertiary/aromatic N) is 1. The van der Waals surface area contributed by atoms with Crippen LogP contribution in [-0.4, -0.2) is 22.6 Å². The molecule has 0 spiro atoms. The molecule has 27 heavy (non-hydrogen) atoms. The van der Waals surface area contributed by atoms with Crippen molar-refractivity contribution >= 4 is 27.4 Å². The molecule has 0 radical (unpaired) electrons. The average molecular weight is 401 g/mol. The number of thiophene rings is 1. The summed E-state index contributed by atoms with van der Waals surface area (Å²) < 4.78 is 33.8. The Morgan fingerprint density at radius 2 is 2.00 bits per heavy atom. The van der Waals surface area contributed by atoms with E-state index in [1.54, 1.807) is 47.7 Å². The minimum absolute atomic E-state index is 0.205. The lowest BCUT2D eigenvalue weighted by molar-refractivity contribution is 0.221. The van der Waals surface area contributed by atoms with Gasteiger partial charge in [0, 0.05) is 36.1 Å². The Morgan fingerprint density at radius 1 is 1.15 bits per heavy atom. The second-order valence-electron chi connectivity index (χ2n) is 6.38. The fourth-order valence-corrected chi connectivity index (χ4v) is 4.87. The number of benzene rings is 2. The summed E-state index contributed by atoms with van der Waals surface area (Å²) in [5.41, 5.74) is 1.54. The molecule has 4 rings (SSSR count). The molecule has 0 bridgehead atoms. The van der Waals surface area contributed by atoms with E-state index in [1.165, 1.54) is 4.88 Å². The number of hydrogen-bond donors (Lipinski definition) is 1. The fraction of sp³-hybridized carbons (Fsp3) is 0.200. The zero-order valence-electron chi connectivity index (χ0n) is 14.7. The van der Waals surface area contributed by atoms with Crippen LogP contribution in [0, 0.1) is 0 Å². The lowest BCUT2D eigenvalue weighted by Gasteiger charge is -2.19. The number of sulfonamides is 1. The molecule has 1 aliphatic heterocycles. The third kappa shape index (κ3) is 4.39. The fourth-order valence-electron chi connectivity index (χ4n) is 3.05. The molecule has 5 nitrogen and oxygen atoms in total. The summed E-state index contributed by atoms with van der Waals surface area (Å²) in [6.45, 7) is 2.95. The van der Waals surface area contributed by atoms with Gasteiger partial charge in [-0.1, -0.05) is 28.5 Å². The van der Waals surface area contributed by atoms with E-state index in [4.69, 9.17) is 4.74 Å². The molecule has 1 aromatic heterocycles. The number of nitrogens with one attached hydrogen (secondary N) is 1. The summed E-state index contributed by atoms with van der Waals surface area (Å²) in [7, 11) is -3.66. The van der Waals surface area contributed by atoms with Crippen LogP contribution in [0.25, 0.3) is 0 Å². The lowest BCUT2D eigenvalue weighted by Crippen LogP contribution is -2.24. The molecule has 1 aliphatic rings. The molecule has 3 aromatic rings. The number of rotatable bonds is 5. The summed E-state index contributed by atoms with van der Waals surface area (Å²) in [4.78, 5) is 3.83. The molecule has 1 unspecified atom stereocenters. The Morgan fingerprint density at radius 3 is 2.78 bits per heavy atom. The molecular formula is C20H20N2O3S2. The average Bonchev–Trinajstić information content (AvgIpc) is 3.07. The summed E-state index contributed by atoms with van der Waals surface area (Å²) in [6.07, 6.45) is 0. The van der Waals surface area contributed by atoms with E-state index in [1.807, 2.05) is 12.1 Å². The third-order valence-electron chi connectivity index (χ3n) is 4.39. The van der Waals surface area contributed by atoms with Gasteiger partial charge in [-0.2, -0.15) is 0 Å². The standard InChI is InChI=1S/C20H20N2O3S2/c23-27(24,21-17-5-2-1-3-6-17)19-9-8-16-14-22(10-11-25-20(16)13-19)15-18-7-4-12-26-18/h1-9,12-13H,10-11,14-15H2,(H-,21,23,24). The molecule has 1 atom stereocenters. The Hall–Kier alpha value is -2.19. The molecule has 1 N–H and O–H groups in total. The highest BCUT2D eigenvalue weighted by molar-refractivity contribution is 7.98. The molecule has 140 valence electrons. The molecule has 0 fully saturated rings. The number of hydrogen-bond acceptors (Lipinski definition) is 5. The second kappa shape index (κ2) is 7.82. The van der Waals surface area contributed by atoms with Gasteiger partial charge in [-0.3, -0.25) is 4.90 Å². The zero-order valence-corrected chi connectivity index (χ0v) is 16.3. The first-order valence-corrected chi connectivity index (χ1v) is 11.0. The minimum Gasteiger partial charge on any atom is -0.588 e. The molecule has 2 heterocycles. The van der Waals surface area contributed by atoms with E-state index in [0.29, 0.717) is 18.0 Å². The van der Waals surface area contributed by atoms with Crippen LogP contribution in [0.1, 0.15) is 10.4 Å². The summed E-state index contributed by atoms with van der Waals surface area (Å²) in [6, 6.07) is 18.2. The normalized spacial score (nSPS) is 16.6. The van der Waals surface area contributed by atoms with Gasteiger partial charge in [0.25, 0.3) is 0 Å². The molecule has 0 saturated carbocycles. The van der Waals surface area contributed by atoms with Gasteiger partial charge in [0.2, 0.25) is 0 Å². The number of ether oxygens (including phenoxy) is 1. The van der Waals surface area contributed by atoms with Crippen molar-refractivity contribution in [1.29, 1.82) is 0 Å². The first-order valence-electron chi connectivity index (χ1n) is 8.68. The van der Waals surface area contributed by atoms with E-state index >= 15 is 0 Å². The molecule has 0 saturated heterocycles. The van der Waals surface area contributed by atoms with Gasteiger partial charge in [-0.15, -0.1) is 11.3 Å². The predicted molar refractivity (Wildman–Crippen MR) is 108 cm³/mol. The van der Waals surface area contributed by atoms with Gasteiger partial charge >= 0.3 is 0 Å². The van der Waals surface area contributed by atoms with Gasteiger partial charge < -0.3 is 9.29 Å². The van der Waals surface area contributed by atoms with Crippen molar-refractivity contribution < 1.29 is 13.5 Å². The maximum absolute atomic E-state index is 12.7. The van der Waals surface area contributed by atoms with E-state index in [-0.39, 0.29) is 4.90 Å². The van der Waals surface area contributed by atoms with Crippen molar-refractivity contribution in [2.75, 3.05) is 17.9 Å². The van der Waals surface area contributed by atoms with E-state index < -0.39 is 10.4 Å². The van der Waals surface area contributed by atoms with Crippen LogP contribution >= 0.6 is 11.3 Å². The SMILES string of the molecule is O=[S+]([O-])(Nc1ccccc1)c1ccc2c(c1)OCCN(Cc1cccs1)C2. The largest absolute Gasteiger partial charge is 0.588 e. The van der Waals surface area contributed by atoms with Crippen LogP contribution in [0.5, 0.6) is 5.75 Å². The van der Waals surface area contributed by atoms with Gasteiger partial charge in [-0.05, 0) is 35.7 Å². The monoisotopic (exact) mass is 400 g/mol. The van der Waals surface area contributed by atoms with Crippen molar-refractivity contribution in [1.82, 2.24) is 4.90 Å². The van der Waals surface area contributed by atoms with Crippen LogP contribution < -0.4 is 9.46 Å². The number of para-hydroxylation sites is 1. The summed E-state index contributed by atoms with van der Waals surface area (Å²) in [5, 5.41) is 2.08. The second-order valence-corrected chi connectivity index (χ2v) is 9.09. The number of anilines is 1. The van der Waals surface area contributed by atoms with Crippen LogP contribution in [-0.2, 0) is 27.7 Å². The Labute approximate surface area is 164 Å². The molecule has 0 amide bonds. The van der Waals surface area contributed by atoms with Crippen LogP contribution in [0.4, 0.5) is 5.69 Å². The smallest absolute Gasteiger partial charge is 0.184 e. The van der Waals surface area contributed by atoms with Gasteiger partial charge in [0.15, 0.2) is 15.3 Å². The molecule has 7 heteroatoms. The first-order chi connectivity index (χ1) is 13.1. The topological polar surface area (TPSA) is 64.6 Å². The van der Waals surface area contributed by atoms with Crippen molar-refractivity contribution in [2.45, 2.75) is 18.0 Å². The predicted octanol–water partition coefficient (Wildman–Crippen LogP) is 4.16. The minimum atomic E-state index is -3.66. The van der Waals surface area contributed by atoms with Gasteiger partial charge in [0.05, 0.1) is 5.69 Å². The van der Waals surface area contributed by atoms with E-state index in [9.17, 15) is 8.76 Å². The molecule has 2 aromatic carbocycles. The van der Waals surface area contributed by atoms with Crippen molar-refractivity contribution in [3.63, 3.8) is 0 Å². The highest BCUT2D eigenvalue weighted by atomic mass is 32.3. The first kappa shape index (κ1) is 18.2. The van der Waals surface area contributed by atoms with Crippen molar-refractivity contribution in [2.24, 2.45) is 0 Å². The van der Waals surface area contributed by atoms with E-state index in [0.717, 1.165) is 25.2 Å². The summed E-state index contributed by atoms with van der Waals surface area (Å²) >= 11 is 1.74. The third-order valence-corrected chi connectivity index (χ3v) is 6.63. The highest BCUT2D eigenvalue weighted by Crippen LogP contribution is 2.30. The van der Waals surface area contributed by atoms with Crippen LogP contribution in [0.15, 0.2) is 70.9 Å². The van der Waals surface area contributed by atoms with Gasteiger partial charge in [0.1, 0.15) is 12.4 Å².